The van der Waals surface area contributed by atoms with Crippen LogP contribution in [0.3, 0.4) is 0 Å². The van der Waals surface area contributed by atoms with Gasteiger partial charge >= 0.3 is 0 Å². The molecule has 1 heterocycles. The van der Waals surface area contributed by atoms with Crippen molar-refractivity contribution in [2.45, 2.75) is 32.6 Å². The van der Waals surface area contributed by atoms with Crippen LogP contribution in [0.4, 0.5) is 5.69 Å². The normalized spacial score (nSPS) is 14.9. The SMILES string of the molecule is CCCCOc1ccc(N2CCCC2)c2ccccc12. The summed E-state index contributed by atoms with van der Waals surface area (Å²) < 4.78 is 5.96. The molecular formula is C18H23NO. The van der Waals surface area contributed by atoms with Crippen LogP contribution in [-0.4, -0.2) is 19.7 Å². The third-order valence-electron chi connectivity index (χ3n) is 4.06. The highest BCUT2D eigenvalue weighted by atomic mass is 16.5. The van der Waals surface area contributed by atoms with Crippen molar-refractivity contribution in [1.82, 2.24) is 0 Å². The van der Waals surface area contributed by atoms with E-state index in [1.807, 2.05) is 0 Å². The molecule has 0 atom stereocenters. The van der Waals surface area contributed by atoms with E-state index >= 15 is 0 Å². The van der Waals surface area contributed by atoms with E-state index in [0.29, 0.717) is 0 Å². The lowest BCUT2D eigenvalue weighted by molar-refractivity contribution is 0.313. The van der Waals surface area contributed by atoms with E-state index in [2.05, 4.69) is 48.2 Å². The Balaban J connectivity index is 1.96. The first-order valence-corrected chi connectivity index (χ1v) is 7.79. The number of hydrogen-bond acceptors (Lipinski definition) is 2. The van der Waals surface area contributed by atoms with E-state index in [1.54, 1.807) is 0 Å². The highest BCUT2D eigenvalue weighted by molar-refractivity contribution is 5.98. The number of anilines is 1. The van der Waals surface area contributed by atoms with Crippen LogP contribution in [0.15, 0.2) is 36.4 Å². The predicted molar refractivity (Wildman–Crippen MR) is 85.8 cm³/mol. The molecular weight excluding hydrogens is 246 g/mol. The first kappa shape index (κ1) is 13.3. The summed E-state index contributed by atoms with van der Waals surface area (Å²) >= 11 is 0. The lowest BCUT2D eigenvalue weighted by Crippen LogP contribution is -2.17. The summed E-state index contributed by atoms with van der Waals surface area (Å²) in [4.78, 5) is 2.50. The fraction of sp³-hybridized carbons (Fsp3) is 0.444. The first-order chi connectivity index (χ1) is 9.90. The summed E-state index contributed by atoms with van der Waals surface area (Å²) in [5, 5.41) is 2.57. The molecule has 0 amide bonds. The fourth-order valence-electron chi connectivity index (χ4n) is 2.94. The van der Waals surface area contributed by atoms with Crippen molar-refractivity contribution in [3.8, 4) is 5.75 Å². The first-order valence-electron chi connectivity index (χ1n) is 7.79. The second kappa shape index (κ2) is 6.17. The topological polar surface area (TPSA) is 12.5 Å². The van der Waals surface area contributed by atoms with E-state index in [0.717, 1.165) is 18.8 Å². The number of benzene rings is 2. The molecule has 1 fully saturated rings. The van der Waals surface area contributed by atoms with E-state index in [4.69, 9.17) is 4.74 Å². The number of ether oxygens (including phenoxy) is 1. The minimum Gasteiger partial charge on any atom is -0.493 e. The Bertz CT molecular complexity index is 573. The summed E-state index contributed by atoms with van der Waals surface area (Å²) in [6.07, 6.45) is 4.90. The highest BCUT2D eigenvalue weighted by Gasteiger charge is 2.16. The molecule has 0 unspecified atom stereocenters. The third kappa shape index (κ3) is 2.60. The molecule has 2 aromatic carbocycles. The molecule has 0 saturated carbocycles. The molecule has 0 N–H and O–H groups in total. The summed E-state index contributed by atoms with van der Waals surface area (Å²) in [6, 6.07) is 13.0. The minimum atomic E-state index is 0.809. The van der Waals surface area contributed by atoms with Gasteiger partial charge in [-0.25, -0.2) is 0 Å². The maximum Gasteiger partial charge on any atom is 0.127 e. The van der Waals surface area contributed by atoms with Gasteiger partial charge in [-0.3, -0.25) is 0 Å². The van der Waals surface area contributed by atoms with Crippen LogP contribution in [-0.2, 0) is 0 Å². The van der Waals surface area contributed by atoms with E-state index in [9.17, 15) is 0 Å². The van der Waals surface area contributed by atoms with Crippen molar-refractivity contribution in [3.05, 3.63) is 36.4 Å². The predicted octanol–water partition coefficient (Wildman–Crippen LogP) is 4.62. The van der Waals surface area contributed by atoms with Gasteiger partial charge in [0.15, 0.2) is 0 Å². The molecule has 0 radical (unpaired) electrons. The van der Waals surface area contributed by atoms with Crippen molar-refractivity contribution in [2.75, 3.05) is 24.6 Å². The van der Waals surface area contributed by atoms with E-state index < -0.39 is 0 Å². The second-order valence-electron chi connectivity index (χ2n) is 5.52. The minimum absolute atomic E-state index is 0.809. The van der Waals surface area contributed by atoms with Crippen LogP contribution in [0.25, 0.3) is 10.8 Å². The summed E-state index contributed by atoms with van der Waals surface area (Å²) in [5.74, 6) is 1.02. The largest absolute Gasteiger partial charge is 0.493 e. The average molecular weight is 269 g/mol. The molecule has 20 heavy (non-hydrogen) atoms. The zero-order chi connectivity index (χ0) is 13.8. The van der Waals surface area contributed by atoms with Crippen LogP contribution in [0.5, 0.6) is 5.75 Å². The van der Waals surface area contributed by atoms with Gasteiger partial charge in [-0.1, -0.05) is 37.6 Å². The van der Waals surface area contributed by atoms with Gasteiger partial charge in [0.1, 0.15) is 5.75 Å². The van der Waals surface area contributed by atoms with Gasteiger partial charge in [0.25, 0.3) is 0 Å². The second-order valence-corrected chi connectivity index (χ2v) is 5.52. The van der Waals surface area contributed by atoms with Crippen molar-refractivity contribution < 1.29 is 4.74 Å². The highest BCUT2D eigenvalue weighted by Crippen LogP contribution is 2.35. The van der Waals surface area contributed by atoms with Crippen LogP contribution in [0.2, 0.25) is 0 Å². The maximum absolute atomic E-state index is 5.96. The molecule has 3 rings (SSSR count). The van der Waals surface area contributed by atoms with Crippen molar-refractivity contribution in [3.63, 3.8) is 0 Å². The fourth-order valence-corrected chi connectivity index (χ4v) is 2.94. The molecule has 2 heteroatoms. The van der Waals surface area contributed by atoms with E-state index in [1.165, 1.54) is 48.8 Å². The third-order valence-corrected chi connectivity index (χ3v) is 4.06. The van der Waals surface area contributed by atoms with Gasteiger partial charge in [0.05, 0.1) is 6.61 Å². The van der Waals surface area contributed by atoms with Crippen LogP contribution in [0.1, 0.15) is 32.6 Å². The van der Waals surface area contributed by atoms with Gasteiger partial charge in [-0.2, -0.15) is 0 Å². The number of rotatable bonds is 5. The molecule has 106 valence electrons. The molecule has 1 saturated heterocycles. The van der Waals surface area contributed by atoms with Gasteiger partial charge < -0.3 is 9.64 Å². The molecule has 2 aromatic rings. The zero-order valence-corrected chi connectivity index (χ0v) is 12.3. The number of hydrogen-bond donors (Lipinski definition) is 0. The smallest absolute Gasteiger partial charge is 0.127 e. The lowest BCUT2D eigenvalue weighted by atomic mass is 10.1. The summed E-state index contributed by atoms with van der Waals surface area (Å²) in [6.45, 7) is 5.36. The Morgan fingerprint density at radius 1 is 1.00 bits per heavy atom. The Hall–Kier alpha value is -1.70. The quantitative estimate of drug-likeness (QED) is 0.734. The monoisotopic (exact) mass is 269 g/mol. The lowest BCUT2D eigenvalue weighted by Gasteiger charge is -2.21. The molecule has 1 aliphatic heterocycles. The standard InChI is InChI=1S/C18H23NO/c1-2-3-14-20-18-11-10-17(19-12-6-7-13-19)15-8-4-5-9-16(15)18/h4-5,8-11H,2-3,6-7,12-14H2,1H3. The molecule has 1 aliphatic rings. The molecule has 0 aromatic heterocycles. The average Bonchev–Trinajstić information content (AvgIpc) is 3.01. The number of fused-ring (bicyclic) bond motifs is 1. The van der Waals surface area contributed by atoms with Crippen LogP contribution < -0.4 is 9.64 Å². The molecule has 0 aliphatic carbocycles. The van der Waals surface area contributed by atoms with Gasteiger partial charge in [0, 0.05) is 29.5 Å². The van der Waals surface area contributed by atoms with Crippen molar-refractivity contribution >= 4 is 16.5 Å². The van der Waals surface area contributed by atoms with Gasteiger partial charge in [0.2, 0.25) is 0 Å². The number of unbranched alkanes of at least 4 members (excludes halogenated alkanes) is 1. The van der Waals surface area contributed by atoms with Crippen LogP contribution >= 0.6 is 0 Å². The van der Waals surface area contributed by atoms with E-state index in [-0.39, 0.29) is 0 Å². The molecule has 2 nitrogen and oxygen atoms in total. The Kier molecular flexibility index (Phi) is 4.10. The summed E-state index contributed by atoms with van der Waals surface area (Å²) in [7, 11) is 0. The molecule has 0 spiro atoms. The van der Waals surface area contributed by atoms with Gasteiger partial charge in [-0.05, 0) is 31.4 Å². The number of nitrogens with zero attached hydrogens (tertiary/aromatic N) is 1. The van der Waals surface area contributed by atoms with Crippen LogP contribution in [0, 0.1) is 0 Å². The van der Waals surface area contributed by atoms with Gasteiger partial charge in [-0.15, -0.1) is 0 Å². The Labute approximate surface area is 121 Å². The van der Waals surface area contributed by atoms with Crippen molar-refractivity contribution in [2.24, 2.45) is 0 Å². The zero-order valence-electron chi connectivity index (χ0n) is 12.3. The Morgan fingerprint density at radius 2 is 1.75 bits per heavy atom. The maximum atomic E-state index is 5.96. The Morgan fingerprint density at radius 3 is 2.50 bits per heavy atom. The molecule has 0 bridgehead atoms. The summed E-state index contributed by atoms with van der Waals surface area (Å²) in [5.41, 5.74) is 1.36. The van der Waals surface area contributed by atoms with Crippen molar-refractivity contribution in [1.29, 1.82) is 0 Å².